The molecule has 0 aromatic heterocycles. The van der Waals surface area contributed by atoms with Crippen molar-refractivity contribution in [2.24, 2.45) is 5.92 Å². The lowest BCUT2D eigenvalue weighted by atomic mass is 9.99. The van der Waals surface area contributed by atoms with Crippen LogP contribution in [0, 0.1) is 5.92 Å². The number of hydrogen-bond donors (Lipinski definition) is 1. The number of carbonyl (C=O) groups is 1. The van der Waals surface area contributed by atoms with Crippen molar-refractivity contribution in [1.82, 2.24) is 9.62 Å². The Bertz CT molecular complexity index is 946. The molecule has 1 saturated heterocycles. The van der Waals surface area contributed by atoms with Crippen molar-refractivity contribution in [1.29, 1.82) is 0 Å². The molecule has 2 aromatic carbocycles. The molecule has 0 saturated carbocycles. The highest BCUT2D eigenvalue weighted by Gasteiger charge is 2.33. The van der Waals surface area contributed by atoms with Crippen molar-refractivity contribution in [3.05, 3.63) is 59.1 Å². The van der Waals surface area contributed by atoms with Gasteiger partial charge in [-0.25, -0.2) is 8.42 Å². The number of carbonyl (C=O) groups excluding carboxylic acids is 1. The van der Waals surface area contributed by atoms with Crippen LogP contribution in [0.15, 0.2) is 53.4 Å². The van der Waals surface area contributed by atoms with Crippen LogP contribution in [0.1, 0.15) is 24.8 Å². The number of benzene rings is 2. The first-order valence-corrected chi connectivity index (χ1v) is 11.9. The van der Waals surface area contributed by atoms with E-state index in [4.69, 9.17) is 16.3 Å². The lowest BCUT2D eigenvalue weighted by Crippen LogP contribution is -2.45. The Kier molecular flexibility index (Phi) is 7.75. The Morgan fingerprint density at radius 1 is 1.17 bits per heavy atom. The monoisotopic (exact) mass is 450 g/mol. The number of halogens is 1. The lowest BCUT2D eigenvalue weighted by Gasteiger charge is -2.31. The number of sulfonamides is 1. The van der Waals surface area contributed by atoms with Crippen LogP contribution in [0.5, 0.6) is 5.75 Å². The molecule has 0 spiro atoms. The van der Waals surface area contributed by atoms with Crippen LogP contribution in [-0.2, 0) is 21.2 Å². The van der Waals surface area contributed by atoms with E-state index in [1.54, 1.807) is 19.2 Å². The third-order valence-corrected chi connectivity index (χ3v) is 7.44. The fraction of sp³-hybridized carbons (Fsp3) is 0.409. The quantitative estimate of drug-likeness (QED) is 0.624. The zero-order chi connectivity index (χ0) is 21.6. The summed E-state index contributed by atoms with van der Waals surface area (Å²) in [6, 6.07) is 14.0. The number of nitrogens with one attached hydrogen (secondary N) is 1. The fourth-order valence-electron chi connectivity index (χ4n) is 3.57. The van der Waals surface area contributed by atoms with Gasteiger partial charge in [-0.15, -0.1) is 0 Å². The number of nitrogens with zero attached hydrogens (tertiary/aromatic N) is 1. The molecule has 30 heavy (non-hydrogen) atoms. The molecule has 1 aliphatic heterocycles. The maximum Gasteiger partial charge on any atom is 0.243 e. The minimum Gasteiger partial charge on any atom is -0.497 e. The number of amides is 1. The molecule has 1 N–H and O–H groups in total. The van der Waals surface area contributed by atoms with Crippen LogP contribution in [0.4, 0.5) is 0 Å². The number of hydrogen-bond acceptors (Lipinski definition) is 4. The molecule has 1 aliphatic rings. The van der Waals surface area contributed by atoms with Crippen LogP contribution < -0.4 is 10.1 Å². The van der Waals surface area contributed by atoms with Crippen LogP contribution in [-0.4, -0.2) is 45.4 Å². The maximum absolute atomic E-state index is 12.9. The van der Waals surface area contributed by atoms with E-state index >= 15 is 0 Å². The molecule has 6 nitrogen and oxygen atoms in total. The summed E-state index contributed by atoms with van der Waals surface area (Å²) in [6.07, 6.45) is 3.03. The first-order valence-electron chi connectivity index (χ1n) is 10.1. The van der Waals surface area contributed by atoms with Crippen LogP contribution in [0.2, 0.25) is 5.02 Å². The third-order valence-electron chi connectivity index (χ3n) is 5.31. The van der Waals surface area contributed by atoms with Crippen molar-refractivity contribution < 1.29 is 17.9 Å². The number of rotatable bonds is 8. The molecule has 1 heterocycles. The van der Waals surface area contributed by atoms with E-state index in [0.29, 0.717) is 31.0 Å². The number of aryl methyl sites for hydroxylation is 1. The number of piperidine rings is 1. The molecule has 8 heteroatoms. The molecule has 3 rings (SSSR count). The molecule has 0 aliphatic carbocycles. The Hall–Kier alpha value is -2.09. The zero-order valence-electron chi connectivity index (χ0n) is 17.0. The second kappa shape index (κ2) is 10.3. The van der Waals surface area contributed by atoms with Gasteiger partial charge < -0.3 is 10.1 Å². The molecule has 1 amide bonds. The Labute approximate surface area is 183 Å². The number of methoxy groups -OCH3 is 1. The fourth-order valence-corrected chi connectivity index (χ4v) is 5.22. The smallest absolute Gasteiger partial charge is 0.243 e. The van der Waals surface area contributed by atoms with Crippen molar-refractivity contribution in [2.75, 3.05) is 26.7 Å². The van der Waals surface area contributed by atoms with E-state index in [9.17, 15) is 13.2 Å². The van der Waals surface area contributed by atoms with Gasteiger partial charge in [0.05, 0.1) is 17.9 Å². The van der Waals surface area contributed by atoms with Gasteiger partial charge >= 0.3 is 0 Å². The standard InChI is InChI=1S/C22H27ClN2O4S/c1-29-20-10-6-17(7-11-20)4-2-14-24-22(26)18-5-3-15-25(16-18)30(27,28)21-12-8-19(23)9-13-21/h6-13,18H,2-5,14-16H2,1H3,(H,24,26)/t18-/m1/s1. The minimum absolute atomic E-state index is 0.0827. The Morgan fingerprint density at radius 3 is 2.53 bits per heavy atom. The molecule has 0 unspecified atom stereocenters. The van der Waals surface area contributed by atoms with E-state index < -0.39 is 10.0 Å². The lowest BCUT2D eigenvalue weighted by molar-refractivity contribution is -0.126. The normalized spacial score (nSPS) is 17.5. The summed E-state index contributed by atoms with van der Waals surface area (Å²) in [6.45, 7) is 1.19. The van der Waals surface area contributed by atoms with E-state index in [2.05, 4.69) is 5.32 Å². The highest BCUT2D eigenvalue weighted by molar-refractivity contribution is 7.89. The highest BCUT2D eigenvalue weighted by atomic mass is 35.5. The molecule has 1 fully saturated rings. The van der Waals surface area contributed by atoms with Gasteiger partial charge in [0.1, 0.15) is 5.75 Å². The summed E-state index contributed by atoms with van der Waals surface area (Å²) in [4.78, 5) is 12.8. The average molecular weight is 451 g/mol. The summed E-state index contributed by atoms with van der Waals surface area (Å²) in [5, 5.41) is 3.45. The largest absolute Gasteiger partial charge is 0.497 e. The first kappa shape index (κ1) is 22.6. The summed E-state index contributed by atoms with van der Waals surface area (Å²) in [7, 11) is -1.99. The number of ether oxygens (including phenoxy) is 1. The van der Waals surface area contributed by atoms with Crippen molar-refractivity contribution >= 4 is 27.5 Å². The van der Waals surface area contributed by atoms with Gasteiger partial charge in [-0.1, -0.05) is 23.7 Å². The summed E-state index contributed by atoms with van der Waals surface area (Å²) >= 11 is 5.86. The van der Waals surface area contributed by atoms with Crippen molar-refractivity contribution in [3.8, 4) is 5.75 Å². The molecule has 0 radical (unpaired) electrons. The Balaban J connectivity index is 1.49. The highest BCUT2D eigenvalue weighted by Crippen LogP contribution is 2.25. The average Bonchev–Trinajstić information content (AvgIpc) is 2.77. The SMILES string of the molecule is COc1ccc(CCCNC(=O)[C@@H]2CCCN(S(=O)(=O)c3ccc(Cl)cc3)C2)cc1. The van der Waals surface area contributed by atoms with E-state index in [1.165, 1.54) is 22.0 Å². The van der Waals surface area contributed by atoms with Gasteiger partial charge in [0.2, 0.25) is 15.9 Å². The minimum atomic E-state index is -3.63. The second-order valence-corrected chi connectivity index (χ2v) is 9.77. The van der Waals surface area contributed by atoms with Gasteiger partial charge in [-0.3, -0.25) is 4.79 Å². The summed E-state index contributed by atoms with van der Waals surface area (Å²) in [5.74, 6) is 0.407. The van der Waals surface area contributed by atoms with E-state index in [0.717, 1.165) is 18.6 Å². The van der Waals surface area contributed by atoms with Gasteiger partial charge in [-0.2, -0.15) is 4.31 Å². The molecule has 162 valence electrons. The molecule has 2 aromatic rings. The van der Waals surface area contributed by atoms with Gasteiger partial charge in [-0.05, 0) is 67.6 Å². The van der Waals surface area contributed by atoms with Gasteiger partial charge in [0.25, 0.3) is 0 Å². The summed E-state index contributed by atoms with van der Waals surface area (Å²) < 4.78 is 32.3. The Morgan fingerprint density at radius 2 is 1.87 bits per heavy atom. The molecular weight excluding hydrogens is 424 g/mol. The topological polar surface area (TPSA) is 75.7 Å². The zero-order valence-corrected chi connectivity index (χ0v) is 18.6. The van der Waals surface area contributed by atoms with Crippen molar-refractivity contribution in [2.45, 2.75) is 30.6 Å². The van der Waals surface area contributed by atoms with Gasteiger partial charge in [0, 0.05) is 24.7 Å². The van der Waals surface area contributed by atoms with E-state index in [-0.39, 0.29) is 23.3 Å². The van der Waals surface area contributed by atoms with Crippen LogP contribution >= 0.6 is 11.6 Å². The van der Waals surface area contributed by atoms with Crippen molar-refractivity contribution in [3.63, 3.8) is 0 Å². The van der Waals surface area contributed by atoms with Crippen LogP contribution in [0.3, 0.4) is 0 Å². The maximum atomic E-state index is 12.9. The molecule has 0 bridgehead atoms. The third kappa shape index (κ3) is 5.74. The molecular formula is C22H27ClN2O4S. The first-order chi connectivity index (χ1) is 14.4. The van der Waals surface area contributed by atoms with Crippen LogP contribution in [0.25, 0.3) is 0 Å². The summed E-state index contributed by atoms with van der Waals surface area (Å²) in [5.41, 5.74) is 1.18. The second-order valence-electron chi connectivity index (χ2n) is 7.40. The predicted octanol–water partition coefficient (Wildman–Crippen LogP) is 3.50. The molecule has 1 atom stereocenters. The predicted molar refractivity (Wildman–Crippen MR) is 117 cm³/mol. The van der Waals surface area contributed by atoms with Gasteiger partial charge in [0.15, 0.2) is 0 Å². The van der Waals surface area contributed by atoms with E-state index in [1.807, 2.05) is 24.3 Å².